The molecule has 0 radical (unpaired) electrons. The highest BCUT2D eigenvalue weighted by Gasteiger charge is 2.46. The zero-order valence-electron chi connectivity index (χ0n) is 33.6. The number of furan rings is 1. The van der Waals surface area contributed by atoms with Crippen molar-refractivity contribution in [3.8, 4) is 67.5 Å². The first-order chi connectivity index (χ1) is 30.7. The summed E-state index contributed by atoms with van der Waals surface area (Å²) in [4.78, 5) is 16.0. The van der Waals surface area contributed by atoms with Crippen LogP contribution in [-0.4, -0.2) is 15.0 Å². The smallest absolute Gasteiger partial charge is 0.164 e. The molecule has 0 spiro atoms. The quantitative estimate of drug-likeness (QED) is 0.161. The summed E-state index contributed by atoms with van der Waals surface area (Å²) < 4.78 is 6.34. The van der Waals surface area contributed by atoms with Crippen LogP contribution in [0.4, 0.5) is 0 Å². The number of fused-ring (bicyclic) bond motifs is 6. The van der Waals surface area contributed by atoms with Crippen molar-refractivity contribution in [3.05, 3.63) is 247 Å². The average molecular weight is 792 g/mol. The van der Waals surface area contributed by atoms with Crippen LogP contribution in [0.15, 0.2) is 229 Å². The van der Waals surface area contributed by atoms with Crippen LogP contribution >= 0.6 is 0 Å². The minimum Gasteiger partial charge on any atom is -0.456 e. The normalized spacial score (nSPS) is 12.6. The van der Waals surface area contributed by atoms with Gasteiger partial charge in [-0.3, -0.25) is 0 Å². The molecule has 290 valence electrons. The maximum atomic E-state index is 6.34. The highest BCUT2D eigenvalue weighted by atomic mass is 16.3. The zero-order chi connectivity index (χ0) is 41.0. The zero-order valence-corrected chi connectivity index (χ0v) is 33.6. The van der Waals surface area contributed by atoms with Gasteiger partial charge in [0.2, 0.25) is 0 Å². The van der Waals surface area contributed by atoms with Crippen LogP contribution in [0.2, 0.25) is 0 Å². The van der Waals surface area contributed by atoms with Crippen LogP contribution in [0.25, 0.3) is 89.5 Å². The molecule has 0 amide bonds. The van der Waals surface area contributed by atoms with Gasteiger partial charge in [-0.05, 0) is 86.0 Å². The van der Waals surface area contributed by atoms with Crippen molar-refractivity contribution in [1.82, 2.24) is 15.0 Å². The summed E-state index contributed by atoms with van der Waals surface area (Å²) >= 11 is 0. The number of aromatic nitrogens is 3. The Balaban J connectivity index is 1.17. The molecule has 11 aromatic rings. The van der Waals surface area contributed by atoms with Crippen LogP contribution in [0.5, 0.6) is 0 Å². The largest absolute Gasteiger partial charge is 0.456 e. The number of benzene rings is 9. The minimum atomic E-state index is -0.613. The molecule has 62 heavy (non-hydrogen) atoms. The third-order valence-corrected chi connectivity index (χ3v) is 12.4. The summed E-state index contributed by atoms with van der Waals surface area (Å²) in [5.74, 6) is 1.82. The molecule has 0 bridgehead atoms. The van der Waals surface area contributed by atoms with Gasteiger partial charge in [0.05, 0.1) is 5.41 Å². The number of para-hydroxylation sites is 1. The van der Waals surface area contributed by atoms with E-state index < -0.39 is 5.41 Å². The fourth-order valence-electron chi connectivity index (χ4n) is 9.59. The molecule has 2 aromatic heterocycles. The molecule has 0 fully saturated rings. The van der Waals surface area contributed by atoms with E-state index in [2.05, 4.69) is 188 Å². The summed E-state index contributed by atoms with van der Waals surface area (Å²) in [6.45, 7) is 0. The second kappa shape index (κ2) is 14.5. The Bertz CT molecular complexity index is 3390. The first-order valence-corrected chi connectivity index (χ1v) is 21.0. The van der Waals surface area contributed by atoms with Crippen molar-refractivity contribution >= 4 is 21.9 Å². The highest BCUT2D eigenvalue weighted by Crippen LogP contribution is 2.58. The lowest BCUT2D eigenvalue weighted by atomic mass is 9.67. The van der Waals surface area contributed by atoms with E-state index in [4.69, 9.17) is 19.4 Å². The molecule has 4 nitrogen and oxygen atoms in total. The van der Waals surface area contributed by atoms with Crippen LogP contribution in [0.3, 0.4) is 0 Å². The Morgan fingerprint density at radius 2 is 0.790 bits per heavy atom. The van der Waals surface area contributed by atoms with Gasteiger partial charge in [0, 0.05) is 27.5 Å². The maximum Gasteiger partial charge on any atom is 0.164 e. The number of nitrogens with zero attached hydrogens (tertiary/aromatic N) is 3. The Morgan fingerprint density at radius 1 is 0.290 bits per heavy atom. The van der Waals surface area contributed by atoms with Gasteiger partial charge in [-0.25, -0.2) is 15.0 Å². The lowest BCUT2D eigenvalue weighted by Crippen LogP contribution is -2.28. The van der Waals surface area contributed by atoms with Crippen LogP contribution in [0, 0.1) is 0 Å². The second-order valence-electron chi connectivity index (χ2n) is 15.9. The van der Waals surface area contributed by atoms with Gasteiger partial charge in [0.15, 0.2) is 17.5 Å². The summed E-state index contributed by atoms with van der Waals surface area (Å²) in [6, 6.07) is 79.4. The monoisotopic (exact) mass is 791 g/mol. The third-order valence-electron chi connectivity index (χ3n) is 12.4. The van der Waals surface area contributed by atoms with Crippen molar-refractivity contribution in [2.24, 2.45) is 0 Å². The maximum absolute atomic E-state index is 6.34. The Morgan fingerprint density at radius 3 is 1.48 bits per heavy atom. The topological polar surface area (TPSA) is 51.8 Å². The van der Waals surface area contributed by atoms with E-state index in [-0.39, 0.29) is 0 Å². The molecule has 2 heterocycles. The van der Waals surface area contributed by atoms with Gasteiger partial charge in [-0.1, -0.05) is 194 Å². The van der Waals surface area contributed by atoms with Crippen molar-refractivity contribution in [3.63, 3.8) is 0 Å². The van der Waals surface area contributed by atoms with E-state index in [9.17, 15) is 0 Å². The molecule has 0 atom stereocenters. The van der Waals surface area contributed by atoms with E-state index >= 15 is 0 Å². The van der Waals surface area contributed by atoms with Crippen molar-refractivity contribution in [2.75, 3.05) is 0 Å². The first kappa shape index (κ1) is 35.7. The molecule has 9 aromatic carbocycles. The lowest BCUT2D eigenvalue weighted by Gasteiger charge is -2.34. The summed E-state index contributed by atoms with van der Waals surface area (Å²) in [5, 5.41) is 2.14. The lowest BCUT2D eigenvalue weighted by molar-refractivity contribution is 0.669. The summed E-state index contributed by atoms with van der Waals surface area (Å²) in [6.07, 6.45) is 0. The van der Waals surface area contributed by atoms with Crippen molar-refractivity contribution < 1.29 is 4.42 Å². The number of hydrogen-bond acceptors (Lipinski definition) is 4. The predicted octanol–water partition coefficient (Wildman–Crippen LogP) is 14.5. The summed E-state index contributed by atoms with van der Waals surface area (Å²) in [7, 11) is 0. The molecule has 4 heteroatoms. The first-order valence-electron chi connectivity index (χ1n) is 21.0. The number of rotatable bonds is 7. The van der Waals surface area contributed by atoms with E-state index in [1.54, 1.807) is 0 Å². The molecule has 0 saturated heterocycles. The fourth-order valence-corrected chi connectivity index (χ4v) is 9.59. The second-order valence-corrected chi connectivity index (χ2v) is 15.9. The van der Waals surface area contributed by atoms with E-state index in [0.29, 0.717) is 17.5 Å². The standard InChI is InChI=1S/C58H37N3O/c1-5-17-38(18-6-1)39-29-31-41(32-30-39)56-59-55(40-19-7-2-8-20-40)60-57(61-56)50-37-52-48(36-47(50)42-33-34-54-49(35-42)46-26-14-16-28-53(46)62-54)45-25-13-15-27-51(45)58(52,43-21-9-3-10-22-43)44-23-11-4-12-24-44/h1-37H. The fraction of sp³-hybridized carbons (Fsp3) is 0.0172. The van der Waals surface area contributed by atoms with Gasteiger partial charge in [0.25, 0.3) is 0 Å². The molecule has 0 unspecified atom stereocenters. The molecule has 0 N–H and O–H groups in total. The third kappa shape index (κ3) is 5.72. The Hall–Kier alpha value is -8.21. The van der Waals surface area contributed by atoms with Gasteiger partial charge < -0.3 is 4.42 Å². The number of hydrogen-bond donors (Lipinski definition) is 0. The molecule has 12 rings (SSSR count). The Kier molecular flexibility index (Phi) is 8.36. The van der Waals surface area contributed by atoms with Gasteiger partial charge in [-0.15, -0.1) is 0 Å². The average Bonchev–Trinajstić information content (AvgIpc) is 3.87. The molecular weight excluding hydrogens is 755 g/mol. The molecule has 0 saturated carbocycles. The molecule has 1 aliphatic carbocycles. The van der Waals surface area contributed by atoms with Crippen LogP contribution in [-0.2, 0) is 5.41 Å². The van der Waals surface area contributed by atoms with Crippen LogP contribution < -0.4 is 0 Å². The van der Waals surface area contributed by atoms with Crippen molar-refractivity contribution in [2.45, 2.75) is 5.41 Å². The Labute approximate surface area is 359 Å². The predicted molar refractivity (Wildman–Crippen MR) is 252 cm³/mol. The van der Waals surface area contributed by atoms with Crippen LogP contribution in [0.1, 0.15) is 22.3 Å². The van der Waals surface area contributed by atoms with Crippen molar-refractivity contribution in [1.29, 1.82) is 0 Å². The van der Waals surface area contributed by atoms with E-state index in [1.165, 1.54) is 33.4 Å². The van der Waals surface area contributed by atoms with Gasteiger partial charge in [0.1, 0.15) is 11.2 Å². The van der Waals surface area contributed by atoms with E-state index in [0.717, 1.165) is 60.9 Å². The minimum absolute atomic E-state index is 0.599. The molecule has 0 aliphatic heterocycles. The molecule has 1 aliphatic rings. The SMILES string of the molecule is c1ccc(-c2ccc(-c3nc(-c4ccccc4)nc(-c4cc5c(cc4-c4ccc6oc7ccccc7c6c4)-c4ccccc4C5(c4ccccc4)c4ccccc4)n3)cc2)cc1. The van der Waals surface area contributed by atoms with Gasteiger partial charge >= 0.3 is 0 Å². The summed E-state index contributed by atoms with van der Waals surface area (Å²) in [5.41, 5.74) is 15.4. The van der Waals surface area contributed by atoms with Gasteiger partial charge in [-0.2, -0.15) is 0 Å². The molecular formula is C58H37N3O. The van der Waals surface area contributed by atoms with E-state index in [1.807, 2.05) is 36.4 Å². The highest BCUT2D eigenvalue weighted by molar-refractivity contribution is 6.07.